The summed E-state index contributed by atoms with van der Waals surface area (Å²) in [6, 6.07) is 11.1. The first kappa shape index (κ1) is 23.2. The monoisotopic (exact) mass is 442 g/mol. The highest BCUT2D eigenvalue weighted by Crippen LogP contribution is 2.37. The molecule has 2 heterocycles. The third kappa shape index (κ3) is 5.50. The number of hydrogen-bond donors (Lipinski definition) is 1. The van der Waals surface area contributed by atoms with Crippen LogP contribution in [0, 0.1) is 0 Å². The molecule has 0 bridgehead atoms. The van der Waals surface area contributed by atoms with Crippen molar-refractivity contribution in [3.63, 3.8) is 0 Å². The standard InChI is InChI=1S/C25H38N4O3/c1-19(2)26-22(30)18-27-12-14-28(15-13-27)25(31)24-23(20-8-4-3-5-9-20)29(16-17-32-24)21-10-6-7-11-21/h3-5,8-9,19,21,23-24H,6-7,10-18H2,1-2H3,(H,26,30)/t23-,24+/m0/s1. The van der Waals surface area contributed by atoms with Gasteiger partial charge in [-0.15, -0.1) is 0 Å². The van der Waals surface area contributed by atoms with Crippen molar-refractivity contribution in [2.45, 2.75) is 63.8 Å². The molecule has 1 aromatic rings. The predicted molar refractivity (Wildman–Crippen MR) is 124 cm³/mol. The van der Waals surface area contributed by atoms with Gasteiger partial charge in [0, 0.05) is 44.8 Å². The van der Waals surface area contributed by atoms with Gasteiger partial charge in [-0.25, -0.2) is 0 Å². The Hall–Kier alpha value is -1.96. The lowest BCUT2D eigenvalue weighted by Crippen LogP contribution is -2.58. The van der Waals surface area contributed by atoms with E-state index in [1.54, 1.807) is 0 Å². The van der Waals surface area contributed by atoms with Gasteiger partial charge in [0.15, 0.2) is 6.10 Å². The number of ether oxygens (including phenoxy) is 1. The molecule has 1 N–H and O–H groups in total. The Morgan fingerprint density at radius 2 is 1.72 bits per heavy atom. The smallest absolute Gasteiger partial charge is 0.253 e. The van der Waals surface area contributed by atoms with Gasteiger partial charge in [-0.3, -0.25) is 19.4 Å². The number of morpholine rings is 1. The summed E-state index contributed by atoms with van der Waals surface area (Å²) in [7, 11) is 0. The molecule has 1 saturated carbocycles. The molecule has 7 heteroatoms. The van der Waals surface area contributed by atoms with E-state index in [1.165, 1.54) is 31.2 Å². The number of benzene rings is 1. The Kier molecular flexibility index (Phi) is 7.81. The molecule has 0 spiro atoms. The molecule has 32 heavy (non-hydrogen) atoms. The van der Waals surface area contributed by atoms with Crippen LogP contribution in [0.5, 0.6) is 0 Å². The number of nitrogens with one attached hydrogen (secondary N) is 1. The molecule has 3 fully saturated rings. The Morgan fingerprint density at radius 1 is 1.03 bits per heavy atom. The van der Waals surface area contributed by atoms with E-state index in [0.29, 0.717) is 45.4 Å². The molecule has 2 saturated heterocycles. The van der Waals surface area contributed by atoms with Crippen LogP contribution in [-0.4, -0.2) is 90.6 Å². The van der Waals surface area contributed by atoms with Crippen LogP contribution in [0.25, 0.3) is 0 Å². The highest BCUT2D eigenvalue weighted by Gasteiger charge is 2.43. The van der Waals surface area contributed by atoms with E-state index in [0.717, 1.165) is 6.54 Å². The van der Waals surface area contributed by atoms with Crippen LogP contribution in [0.1, 0.15) is 51.1 Å². The fraction of sp³-hybridized carbons (Fsp3) is 0.680. The molecule has 2 amide bonds. The van der Waals surface area contributed by atoms with Gasteiger partial charge >= 0.3 is 0 Å². The average molecular weight is 443 g/mol. The van der Waals surface area contributed by atoms with Crippen molar-refractivity contribution in [3.05, 3.63) is 35.9 Å². The van der Waals surface area contributed by atoms with E-state index in [2.05, 4.69) is 39.4 Å². The van der Waals surface area contributed by atoms with E-state index >= 15 is 0 Å². The molecule has 3 aliphatic rings. The zero-order chi connectivity index (χ0) is 22.5. The zero-order valence-corrected chi connectivity index (χ0v) is 19.5. The normalized spacial score (nSPS) is 25.9. The van der Waals surface area contributed by atoms with E-state index in [-0.39, 0.29) is 23.9 Å². The quantitative estimate of drug-likeness (QED) is 0.731. The Bertz CT molecular complexity index is 758. The van der Waals surface area contributed by atoms with Gasteiger partial charge in [0.25, 0.3) is 5.91 Å². The lowest BCUT2D eigenvalue weighted by Gasteiger charge is -2.46. The Morgan fingerprint density at radius 3 is 2.38 bits per heavy atom. The third-order valence-electron chi connectivity index (χ3n) is 6.97. The minimum Gasteiger partial charge on any atom is -0.365 e. The highest BCUT2D eigenvalue weighted by molar-refractivity contribution is 5.82. The van der Waals surface area contributed by atoms with E-state index in [4.69, 9.17) is 4.74 Å². The van der Waals surface area contributed by atoms with Gasteiger partial charge in [-0.05, 0) is 32.3 Å². The SMILES string of the molecule is CC(C)NC(=O)CN1CCN(C(=O)[C@@H]2OCCN(C3CCCC3)[C@H]2c2ccccc2)CC1. The number of piperazine rings is 1. The van der Waals surface area contributed by atoms with Crippen molar-refractivity contribution in [2.24, 2.45) is 0 Å². The second-order valence-corrected chi connectivity index (χ2v) is 9.65. The van der Waals surface area contributed by atoms with E-state index < -0.39 is 6.10 Å². The molecule has 4 rings (SSSR count). The van der Waals surface area contributed by atoms with Crippen LogP contribution in [-0.2, 0) is 14.3 Å². The summed E-state index contributed by atoms with van der Waals surface area (Å²) in [5.74, 6) is 0.138. The molecular formula is C25H38N4O3. The lowest BCUT2D eigenvalue weighted by atomic mass is 9.94. The molecule has 1 aliphatic carbocycles. The van der Waals surface area contributed by atoms with Crippen molar-refractivity contribution >= 4 is 11.8 Å². The van der Waals surface area contributed by atoms with Gasteiger partial charge < -0.3 is 15.0 Å². The summed E-state index contributed by atoms with van der Waals surface area (Å²) in [5, 5.41) is 2.94. The third-order valence-corrected chi connectivity index (χ3v) is 6.97. The number of nitrogens with zero attached hydrogens (tertiary/aromatic N) is 3. The van der Waals surface area contributed by atoms with Crippen LogP contribution < -0.4 is 5.32 Å². The first-order valence-electron chi connectivity index (χ1n) is 12.3. The topological polar surface area (TPSA) is 65.1 Å². The molecular weight excluding hydrogens is 404 g/mol. The molecule has 0 aromatic heterocycles. The molecule has 0 radical (unpaired) electrons. The van der Waals surface area contributed by atoms with Crippen molar-refractivity contribution < 1.29 is 14.3 Å². The minimum absolute atomic E-state index is 0.0320. The van der Waals surface area contributed by atoms with Crippen LogP contribution in [0.15, 0.2) is 30.3 Å². The summed E-state index contributed by atoms with van der Waals surface area (Å²) in [6.45, 7) is 8.52. The van der Waals surface area contributed by atoms with Crippen molar-refractivity contribution in [1.82, 2.24) is 20.0 Å². The van der Waals surface area contributed by atoms with Gasteiger partial charge in [-0.2, -0.15) is 0 Å². The lowest BCUT2D eigenvalue weighted by molar-refractivity contribution is -0.160. The number of rotatable bonds is 6. The van der Waals surface area contributed by atoms with Crippen LogP contribution in [0.2, 0.25) is 0 Å². The van der Waals surface area contributed by atoms with Gasteiger partial charge in [0.1, 0.15) is 0 Å². The Labute approximate surface area is 192 Å². The fourth-order valence-electron chi connectivity index (χ4n) is 5.43. The van der Waals surface area contributed by atoms with Crippen molar-refractivity contribution in [3.8, 4) is 0 Å². The first-order valence-corrected chi connectivity index (χ1v) is 12.3. The zero-order valence-electron chi connectivity index (χ0n) is 19.5. The highest BCUT2D eigenvalue weighted by atomic mass is 16.5. The predicted octanol–water partition coefficient (Wildman–Crippen LogP) is 2.04. The maximum Gasteiger partial charge on any atom is 0.253 e. The second kappa shape index (κ2) is 10.8. The number of carbonyl (C=O) groups is 2. The van der Waals surface area contributed by atoms with Crippen LogP contribution in [0.3, 0.4) is 0 Å². The number of amides is 2. The van der Waals surface area contributed by atoms with Gasteiger partial charge in [0.2, 0.25) is 5.91 Å². The summed E-state index contributed by atoms with van der Waals surface area (Å²) < 4.78 is 6.17. The van der Waals surface area contributed by atoms with Crippen molar-refractivity contribution in [2.75, 3.05) is 45.9 Å². The summed E-state index contributed by atoms with van der Waals surface area (Å²) >= 11 is 0. The van der Waals surface area contributed by atoms with E-state index in [9.17, 15) is 9.59 Å². The van der Waals surface area contributed by atoms with Gasteiger partial charge in [-0.1, -0.05) is 43.2 Å². The fourth-order valence-corrected chi connectivity index (χ4v) is 5.43. The number of hydrogen-bond acceptors (Lipinski definition) is 5. The van der Waals surface area contributed by atoms with Crippen LogP contribution >= 0.6 is 0 Å². The molecule has 1 aromatic carbocycles. The maximum atomic E-state index is 13.6. The molecule has 0 unspecified atom stereocenters. The molecule has 2 atom stereocenters. The molecule has 176 valence electrons. The van der Waals surface area contributed by atoms with E-state index in [1.807, 2.05) is 24.8 Å². The Balaban J connectivity index is 1.43. The largest absolute Gasteiger partial charge is 0.365 e. The number of carbonyl (C=O) groups excluding carboxylic acids is 2. The summed E-state index contributed by atoms with van der Waals surface area (Å²) in [6.07, 6.45) is 4.49. The first-order chi connectivity index (χ1) is 15.5. The average Bonchev–Trinajstić information content (AvgIpc) is 3.33. The van der Waals surface area contributed by atoms with Crippen molar-refractivity contribution in [1.29, 1.82) is 0 Å². The summed E-state index contributed by atoms with van der Waals surface area (Å²) in [4.78, 5) is 32.3. The van der Waals surface area contributed by atoms with Gasteiger partial charge in [0.05, 0.1) is 19.2 Å². The minimum atomic E-state index is -0.470. The molecule has 2 aliphatic heterocycles. The molecule has 7 nitrogen and oxygen atoms in total. The second-order valence-electron chi connectivity index (χ2n) is 9.65. The summed E-state index contributed by atoms with van der Waals surface area (Å²) in [5.41, 5.74) is 1.17. The van der Waals surface area contributed by atoms with Crippen LogP contribution in [0.4, 0.5) is 0 Å². The maximum absolute atomic E-state index is 13.6.